The average molecular weight is 337 g/mol. The molecule has 2 atom stereocenters. The molecule has 8 heteroatoms. The van der Waals surface area contributed by atoms with Gasteiger partial charge in [0.05, 0.1) is 6.54 Å². The van der Waals surface area contributed by atoms with Crippen LogP contribution in [0.1, 0.15) is 47.0 Å². The quantitative estimate of drug-likeness (QED) is 0.901. The molecule has 0 saturated carbocycles. The van der Waals surface area contributed by atoms with Gasteiger partial charge in [-0.3, -0.25) is 14.4 Å². The van der Waals surface area contributed by atoms with E-state index >= 15 is 0 Å². The van der Waals surface area contributed by atoms with E-state index < -0.39 is 17.7 Å². The fourth-order valence-electron chi connectivity index (χ4n) is 2.74. The van der Waals surface area contributed by atoms with Crippen LogP contribution < -0.4 is 5.32 Å². The summed E-state index contributed by atoms with van der Waals surface area (Å²) in [4.78, 5) is 30.4. The van der Waals surface area contributed by atoms with Gasteiger partial charge in [0.15, 0.2) is 0 Å². The van der Waals surface area contributed by atoms with Gasteiger partial charge in [-0.15, -0.1) is 0 Å². The summed E-state index contributed by atoms with van der Waals surface area (Å²) >= 11 is 0. The smallest absolute Gasteiger partial charge is 0.410 e. The SMILES string of the molecule is CC(Cn1cncn1)NC(=O)[C@@H]1CCCCN1C(=O)OC(C)(C)C. The molecule has 0 bridgehead atoms. The van der Waals surface area contributed by atoms with Crippen molar-refractivity contribution in [2.75, 3.05) is 6.54 Å². The lowest BCUT2D eigenvalue weighted by Gasteiger charge is -2.36. The first-order chi connectivity index (χ1) is 11.3. The number of aromatic nitrogens is 3. The Morgan fingerprint density at radius 1 is 1.38 bits per heavy atom. The molecule has 24 heavy (non-hydrogen) atoms. The van der Waals surface area contributed by atoms with Crippen molar-refractivity contribution in [1.82, 2.24) is 25.0 Å². The van der Waals surface area contributed by atoms with E-state index in [1.54, 1.807) is 15.9 Å². The van der Waals surface area contributed by atoms with E-state index in [0.717, 1.165) is 12.8 Å². The molecule has 8 nitrogen and oxygen atoms in total. The minimum atomic E-state index is -0.573. The van der Waals surface area contributed by atoms with Crippen molar-refractivity contribution in [2.24, 2.45) is 0 Å². The number of rotatable bonds is 4. The van der Waals surface area contributed by atoms with Gasteiger partial charge in [-0.2, -0.15) is 5.10 Å². The molecule has 2 amide bonds. The predicted octanol–water partition coefficient (Wildman–Crippen LogP) is 1.57. The standard InChI is InChI=1S/C16H27N5O3/c1-12(9-20-11-17-10-18-20)19-14(22)13-7-5-6-8-21(13)15(23)24-16(2,3)4/h10-13H,5-9H2,1-4H3,(H,19,22)/t12?,13-/m0/s1. The van der Waals surface area contributed by atoms with Gasteiger partial charge < -0.3 is 10.1 Å². The number of nitrogens with zero attached hydrogens (tertiary/aromatic N) is 4. The Morgan fingerprint density at radius 3 is 2.75 bits per heavy atom. The molecule has 1 aromatic rings. The van der Waals surface area contributed by atoms with Crippen LogP contribution in [-0.2, 0) is 16.1 Å². The number of carbonyl (C=O) groups is 2. The lowest BCUT2D eigenvalue weighted by Crippen LogP contribution is -2.54. The topological polar surface area (TPSA) is 89.4 Å². The Morgan fingerprint density at radius 2 is 2.12 bits per heavy atom. The van der Waals surface area contributed by atoms with Gasteiger partial charge in [0.25, 0.3) is 0 Å². The third-order valence-corrected chi connectivity index (χ3v) is 3.75. The summed E-state index contributed by atoms with van der Waals surface area (Å²) in [7, 11) is 0. The number of amides is 2. The zero-order chi connectivity index (χ0) is 17.7. The first kappa shape index (κ1) is 18.2. The first-order valence-electron chi connectivity index (χ1n) is 8.38. The van der Waals surface area contributed by atoms with Crippen molar-refractivity contribution < 1.29 is 14.3 Å². The van der Waals surface area contributed by atoms with E-state index in [1.807, 2.05) is 27.7 Å². The van der Waals surface area contributed by atoms with E-state index in [2.05, 4.69) is 15.4 Å². The van der Waals surface area contributed by atoms with Crippen molar-refractivity contribution in [3.8, 4) is 0 Å². The van der Waals surface area contributed by atoms with Crippen LogP contribution in [0.15, 0.2) is 12.7 Å². The zero-order valence-corrected chi connectivity index (χ0v) is 14.9. The van der Waals surface area contributed by atoms with E-state index in [1.165, 1.54) is 6.33 Å². The maximum atomic E-state index is 12.6. The number of hydrogen-bond donors (Lipinski definition) is 1. The van der Waals surface area contributed by atoms with E-state index in [9.17, 15) is 9.59 Å². The fraction of sp³-hybridized carbons (Fsp3) is 0.750. The van der Waals surface area contributed by atoms with Crippen molar-refractivity contribution in [1.29, 1.82) is 0 Å². The third-order valence-electron chi connectivity index (χ3n) is 3.75. The summed E-state index contributed by atoms with van der Waals surface area (Å²) < 4.78 is 7.10. The van der Waals surface area contributed by atoms with Crippen LogP contribution in [-0.4, -0.2) is 55.9 Å². The van der Waals surface area contributed by atoms with Crippen LogP contribution in [0.5, 0.6) is 0 Å². The molecule has 2 rings (SSSR count). The highest BCUT2D eigenvalue weighted by Crippen LogP contribution is 2.20. The molecule has 0 aliphatic carbocycles. The van der Waals surface area contributed by atoms with Crippen molar-refractivity contribution >= 4 is 12.0 Å². The number of ether oxygens (including phenoxy) is 1. The molecule has 1 aromatic heterocycles. The number of piperidine rings is 1. The summed E-state index contributed by atoms with van der Waals surface area (Å²) in [5.74, 6) is -0.145. The van der Waals surface area contributed by atoms with Gasteiger partial charge in [-0.1, -0.05) is 0 Å². The van der Waals surface area contributed by atoms with Crippen molar-refractivity contribution in [3.63, 3.8) is 0 Å². The minimum Gasteiger partial charge on any atom is -0.444 e. The molecular weight excluding hydrogens is 310 g/mol. The Hall–Kier alpha value is -2.12. The maximum Gasteiger partial charge on any atom is 0.410 e. The highest BCUT2D eigenvalue weighted by Gasteiger charge is 2.35. The molecule has 2 heterocycles. The predicted molar refractivity (Wildman–Crippen MR) is 88.2 cm³/mol. The zero-order valence-electron chi connectivity index (χ0n) is 14.9. The van der Waals surface area contributed by atoms with E-state index in [4.69, 9.17) is 4.74 Å². The van der Waals surface area contributed by atoms with Gasteiger partial charge in [0.2, 0.25) is 5.91 Å². The lowest BCUT2D eigenvalue weighted by atomic mass is 10.0. The van der Waals surface area contributed by atoms with E-state index in [0.29, 0.717) is 19.5 Å². The largest absolute Gasteiger partial charge is 0.444 e. The summed E-state index contributed by atoms with van der Waals surface area (Å²) in [6, 6.07) is -0.589. The Labute approximate surface area is 142 Å². The molecular formula is C16H27N5O3. The van der Waals surface area contributed by atoms with Crippen LogP contribution in [0.3, 0.4) is 0 Å². The van der Waals surface area contributed by atoms with Crippen LogP contribution in [0.2, 0.25) is 0 Å². The normalized spacial score (nSPS) is 19.7. The van der Waals surface area contributed by atoms with Gasteiger partial charge in [0.1, 0.15) is 24.3 Å². The second-order valence-electron chi connectivity index (χ2n) is 7.21. The van der Waals surface area contributed by atoms with Crippen LogP contribution in [0.25, 0.3) is 0 Å². The third kappa shape index (κ3) is 5.21. The summed E-state index contributed by atoms with van der Waals surface area (Å²) in [5.41, 5.74) is -0.573. The lowest BCUT2D eigenvalue weighted by molar-refractivity contribution is -0.128. The van der Waals surface area contributed by atoms with Gasteiger partial charge in [-0.25, -0.2) is 9.78 Å². The fourth-order valence-corrected chi connectivity index (χ4v) is 2.74. The van der Waals surface area contributed by atoms with Gasteiger partial charge in [-0.05, 0) is 47.0 Å². The number of nitrogens with one attached hydrogen (secondary N) is 1. The number of carbonyl (C=O) groups excluding carboxylic acids is 2. The van der Waals surface area contributed by atoms with E-state index in [-0.39, 0.29) is 11.9 Å². The maximum absolute atomic E-state index is 12.6. The molecule has 1 N–H and O–H groups in total. The summed E-state index contributed by atoms with van der Waals surface area (Å²) in [6.45, 7) is 8.45. The Balaban J connectivity index is 1.95. The highest BCUT2D eigenvalue weighted by atomic mass is 16.6. The molecule has 1 unspecified atom stereocenters. The number of likely N-dealkylation sites (tertiary alicyclic amines) is 1. The monoisotopic (exact) mass is 337 g/mol. The molecule has 1 aliphatic heterocycles. The Kier molecular flexibility index (Phi) is 5.80. The molecule has 0 spiro atoms. The molecule has 1 aliphatic rings. The van der Waals surface area contributed by atoms with Crippen LogP contribution >= 0.6 is 0 Å². The van der Waals surface area contributed by atoms with Crippen LogP contribution in [0, 0.1) is 0 Å². The van der Waals surface area contributed by atoms with Crippen molar-refractivity contribution in [2.45, 2.75) is 71.2 Å². The molecule has 134 valence electrons. The highest BCUT2D eigenvalue weighted by molar-refractivity contribution is 5.86. The van der Waals surface area contributed by atoms with Crippen molar-refractivity contribution in [3.05, 3.63) is 12.7 Å². The number of hydrogen-bond acceptors (Lipinski definition) is 5. The van der Waals surface area contributed by atoms with Gasteiger partial charge in [0, 0.05) is 12.6 Å². The molecule has 1 saturated heterocycles. The molecule has 0 radical (unpaired) electrons. The van der Waals surface area contributed by atoms with Gasteiger partial charge >= 0.3 is 6.09 Å². The average Bonchev–Trinajstić information content (AvgIpc) is 2.98. The van der Waals surface area contributed by atoms with Crippen LogP contribution in [0.4, 0.5) is 4.79 Å². The minimum absolute atomic E-state index is 0.110. The summed E-state index contributed by atoms with van der Waals surface area (Å²) in [5, 5.41) is 6.99. The molecule has 1 fully saturated rings. The first-order valence-corrected chi connectivity index (χ1v) is 8.38. The Bertz CT molecular complexity index is 553. The molecule has 0 aromatic carbocycles. The summed E-state index contributed by atoms with van der Waals surface area (Å²) in [6.07, 6.45) is 5.11. The second kappa shape index (κ2) is 7.63. The second-order valence-corrected chi connectivity index (χ2v) is 7.21.